The molecule has 0 atom stereocenters. The molecule has 0 amide bonds. The Morgan fingerprint density at radius 3 is 2.30 bits per heavy atom. The zero-order valence-corrected chi connectivity index (χ0v) is 18.1. The Balaban J connectivity index is 0. The molecule has 20 heavy (non-hydrogen) atoms. The van der Waals surface area contributed by atoms with Crippen LogP contribution in [0.2, 0.25) is 32.7 Å². The normalized spacial score (nSPS) is 18.1. The van der Waals surface area contributed by atoms with Crippen LogP contribution in [0, 0.1) is 6.08 Å². The predicted molar refractivity (Wildman–Crippen MR) is 77.8 cm³/mol. The standard InChI is InChI=1S/C13H24NOSi2.2ClH.Ti/c1-16(2,3)15-10-6-9-14-11-7-8-12-13(11)17(12,4)5;;;/h14H,6-7,9-10H2,1-5H3;2*1H;/q-1;;;+3/p-2. The maximum Gasteiger partial charge on any atom is 3.00 e. The Labute approximate surface area is 153 Å². The van der Waals surface area contributed by atoms with E-state index < -0.39 is 16.4 Å². The molecule has 1 fully saturated rings. The van der Waals surface area contributed by atoms with Gasteiger partial charge in [-0.3, -0.25) is 6.08 Å². The fourth-order valence-corrected chi connectivity index (χ4v) is 6.56. The Hall–Kier alpha value is 0.968. The summed E-state index contributed by atoms with van der Waals surface area (Å²) in [7, 11) is -2.39. The van der Waals surface area contributed by atoms with Crippen molar-refractivity contribution in [3.8, 4) is 0 Å². The van der Waals surface area contributed by atoms with Crippen molar-refractivity contribution < 1.29 is 51.0 Å². The van der Waals surface area contributed by atoms with E-state index in [1.165, 1.54) is 5.70 Å². The molecule has 0 saturated carbocycles. The molecule has 2 rings (SSSR count). The van der Waals surface area contributed by atoms with E-state index >= 15 is 0 Å². The maximum absolute atomic E-state index is 5.84. The van der Waals surface area contributed by atoms with E-state index in [2.05, 4.69) is 44.1 Å². The van der Waals surface area contributed by atoms with E-state index in [1.807, 2.05) is 0 Å². The van der Waals surface area contributed by atoms with Gasteiger partial charge in [-0.2, -0.15) is 5.20 Å². The van der Waals surface area contributed by atoms with Crippen molar-refractivity contribution in [1.29, 1.82) is 0 Å². The van der Waals surface area contributed by atoms with Crippen LogP contribution in [0.4, 0.5) is 0 Å². The van der Waals surface area contributed by atoms with Crippen LogP contribution in [0.15, 0.2) is 16.1 Å². The van der Waals surface area contributed by atoms with Gasteiger partial charge in [-0.25, -0.2) is 5.20 Å². The van der Waals surface area contributed by atoms with Gasteiger partial charge in [-0.1, -0.05) is 25.2 Å². The average Bonchev–Trinajstić information content (AvgIpc) is 2.59. The third kappa shape index (κ3) is 5.63. The second-order valence-corrected chi connectivity index (χ2v) is 15.2. The van der Waals surface area contributed by atoms with Gasteiger partial charge in [-0.05, 0) is 34.1 Å². The van der Waals surface area contributed by atoms with E-state index in [-0.39, 0.29) is 46.5 Å². The number of rotatable bonds is 6. The molecule has 1 saturated heterocycles. The summed E-state index contributed by atoms with van der Waals surface area (Å²) in [6.07, 6.45) is 5.65. The summed E-state index contributed by atoms with van der Waals surface area (Å²) in [5.41, 5.74) is 1.46. The molecular formula is C13H24Cl2NOSi2Ti. The van der Waals surface area contributed by atoms with Gasteiger partial charge >= 0.3 is 21.7 Å². The minimum atomic E-state index is -1.32. The molecule has 113 valence electrons. The Bertz CT molecular complexity index is 392. The van der Waals surface area contributed by atoms with Crippen LogP contribution in [0.5, 0.6) is 0 Å². The summed E-state index contributed by atoms with van der Waals surface area (Å²) >= 11 is 0. The Morgan fingerprint density at radius 2 is 1.85 bits per heavy atom. The van der Waals surface area contributed by atoms with Gasteiger partial charge in [0.25, 0.3) is 0 Å². The number of allylic oxidation sites excluding steroid dienone is 3. The molecule has 0 aromatic carbocycles. The summed E-state index contributed by atoms with van der Waals surface area (Å²) in [5, 5.41) is 6.82. The molecule has 7 heteroatoms. The van der Waals surface area contributed by atoms with Crippen LogP contribution < -0.4 is 30.1 Å². The van der Waals surface area contributed by atoms with Crippen molar-refractivity contribution in [3.05, 3.63) is 22.2 Å². The molecule has 1 heterocycles. The zero-order chi connectivity index (χ0) is 12.7. The minimum absolute atomic E-state index is 0. The molecule has 1 aliphatic heterocycles. The van der Waals surface area contributed by atoms with Crippen molar-refractivity contribution >= 4 is 16.4 Å². The van der Waals surface area contributed by atoms with Gasteiger partial charge in [-0.15, -0.1) is 0 Å². The minimum Gasteiger partial charge on any atom is -1.00 e. The fraction of sp³-hybridized carbons (Fsp3) is 0.692. The van der Waals surface area contributed by atoms with E-state index in [9.17, 15) is 0 Å². The Morgan fingerprint density at radius 1 is 1.25 bits per heavy atom. The van der Waals surface area contributed by atoms with Crippen molar-refractivity contribution in [1.82, 2.24) is 5.32 Å². The molecule has 0 aromatic heterocycles. The van der Waals surface area contributed by atoms with Crippen molar-refractivity contribution in [2.45, 2.75) is 45.6 Å². The second-order valence-electron chi connectivity index (χ2n) is 6.45. The molecule has 1 radical (unpaired) electrons. The number of halogens is 2. The molecule has 0 bridgehead atoms. The van der Waals surface area contributed by atoms with Crippen LogP contribution in [0.25, 0.3) is 0 Å². The molecule has 2 aliphatic rings. The van der Waals surface area contributed by atoms with Crippen LogP contribution in [-0.2, 0) is 26.1 Å². The zero-order valence-electron chi connectivity index (χ0n) is 13.0. The first kappa shape index (κ1) is 23.2. The topological polar surface area (TPSA) is 21.3 Å². The number of hydrogen-bond donors (Lipinski definition) is 1. The third-order valence-corrected chi connectivity index (χ3v) is 7.67. The van der Waals surface area contributed by atoms with Gasteiger partial charge in [0.1, 0.15) is 0 Å². The van der Waals surface area contributed by atoms with Gasteiger partial charge in [0, 0.05) is 13.2 Å². The molecule has 1 N–H and O–H groups in total. The molecule has 0 aromatic rings. The average molecular weight is 385 g/mol. The molecular weight excluding hydrogens is 361 g/mol. The predicted octanol–water partition coefficient (Wildman–Crippen LogP) is -2.99. The van der Waals surface area contributed by atoms with Gasteiger partial charge in [0.05, 0.1) is 0 Å². The van der Waals surface area contributed by atoms with Crippen LogP contribution in [0.1, 0.15) is 12.8 Å². The summed E-state index contributed by atoms with van der Waals surface area (Å²) in [4.78, 5) is 0. The van der Waals surface area contributed by atoms with Crippen LogP contribution in [0.3, 0.4) is 0 Å². The van der Waals surface area contributed by atoms with Crippen molar-refractivity contribution in [3.63, 3.8) is 0 Å². The molecule has 1 aliphatic carbocycles. The smallest absolute Gasteiger partial charge is 1.00 e. The first-order valence-corrected chi connectivity index (χ1v) is 13.0. The summed E-state index contributed by atoms with van der Waals surface area (Å²) < 4.78 is 5.84. The molecule has 0 unspecified atom stereocenters. The molecule has 0 spiro atoms. The van der Waals surface area contributed by atoms with Crippen molar-refractivity contribution in [2.24, 2.45) is 0 Å². The number of hydrogen-bond acceptors (Lipinski definition) is 2. The fourth-order valence-electron chi connectivity index (χ4n) is 2.41. The summed E-state index contributed by atoms with van der Waals surface area (Å²) in [6, 6.07) is 0. The maximum atomic E-state index is 5.84. The number of fused-ring (bicyclic) bond motifs is 1. The van der Waals surface area contributed by atoms with E-state index in [1.54, 1.807) is 10.4 Å². The monoisotopic (exact) mass is 384 g/mol. The summed E-state index contributed by atoms with van der Waals surface area (Å²) in [5.74, 6) is 0. The van der Waals surface area contributed by atoms with Gasteiger partial charge in [0.15, 0.2) is 8.32 Å². The van der Waals surface area contributed by atoms with E-state index in [0.717, 1.165) is 26.0 Å². The third-order valence-electron chi connectivity index (χ3n) is 3.38. The first-order chi connectivity index (χ1) is 7.82. The number of nitrogens with one attached hydrogen (secondary N) is 1. The molecule has 2 nitrogen and oxygen atoms in total. The SMILES string of the molecule is C[Si](C)(C)OCCCNC1=C2C(=[C-]C1)[Si]2(C)C.[Cl-].[Cl-].[Ti+3]. The van der Waals surface area contributed by atoms with Crippen LogP contribution >= 0.6 is 0 Å². The second kappa shape index (κ2) is 8.56. The quantitative estimate of drug-likeness (QED) is 0.299. The van der Waals surface area contributed by atoms with E-state index in [4.69, 9.17) is 4.43 Å². The van der Waals surface area contributed by atoms with E-state index in [0.29, 0.717) is 0 Å². The van der Waals surface area contributed by atoms with Gasteiger partial charge in [0.2, 0.25) is 0 Å². The first-order valence-electron chi connectivity index (χ1n) is 6.55. The Kier molecular flexibility index (Phi) is 9.95. The largest absolute Gasteiger partial charge is 3.00 e. The van der Waals surface area contributed by atoms with Gasteiger partial charge < -0.3 is 34.6 Å². The summed E-state index contributed by atoms with van der Waals surface area (Å²) in [6.45, 7) is 13.5. The van der Waals surface area contributed by atoms with Crippen molar-refractivity contribution in [2.75, 3.05) is 13.2 Å². The van der Waals surface area contributed by atoms with Crippen LogP contribution in [-0.4, -0.2) is 29.5 Å².